The molecule has 0 radical (unpaired) electrons. The number of carboxylic acids is 1. The second-order valence-corrected chi connectivity index (χ2v) is 5.69. The Hall–Kier alpha value is -1.32. The Bertz CT molecular complexity index is 537. The molecule has 19 heavy (non-hydrogen) atoms. The van der Waals surface area contributed by atoms with Crippen LogP contribution in [0.3, 0.4) is 0 Å². The lowest BCUT2D eigenvalue weighted by Crippen LogP contribution is -2.17. The third-order valence-electron chi connectivity index (χ3n) is 3.13. The van der Waals surface area contributed by atoms with Gasteiger partial charge in [0.25, 0.3) is 0 Å². The second-order valence-electron chi connectivity index (χ2n) is 4.50. The Kier molecular flexibility index (Phi) is 5.00. The minimum Gasteiger partial charge on any atom is -0.481 e. The molecule has 0 aliphatic rings. The quantitative estimate of drug-likeness (QED) is 0.863. The van der Waals surface area contributed by atoms with E-state index >= 15 is 0 Å². The Morgan fingerprint density at radius 2 is 2.11 bits per heavy atom. The van der Waals surface area contributed by atoms with Gasteiger partial charge < -0.3 is 5.11 Å². The van der Waals surface area contributed by atoms with Crippen molar-refractivity contribution in [2.45, 2.75) is 19.3 Å². The van der Waals surface area contributed by atoms with E-state index in [-0.39, 0.29) is 5.92 Å². The molecule has 0 fully saturated rings. The molecule has 1 N–H and O–H groups in total. The van der Waals surface area contributed by atoms with Crippen LogP contribution in [0.25, 0.3) is 0 Å². The van der Waals surface area contributed by atoms with Gasteiger partial charge in [-0.2, -0.15) is 11.3 Å². The minimum atomic E-state index is -0.754. The van der Waals surface area contributed by atoms with Crippen LogP contribution in [-0.4, -0.2) is 11.1 Å². The Morgan fingerprint density at radius 3 is 2.74 bits per heavy atom. The van der Waals surface area contributed by atoms with Crippen LogP contribution >= 0.6 is 22.9 Å². The summed E-state index contributed by atoms with van der Waals surface area (Å²) in [5, 5.41) is 14.0. The topological polar surface area (TPSA) is 37.3 Å². The van der Waals surface area contributed by atoms with Crippen molar-refractivity contribution in [3.8, 4) is 0 Å². The van der Waals surface area contributed by atoms with Gasteiger partial charge in [0.1, 0.15) is 0 Å². The lowest BCUT2D eigenvalue weighted by atomic mass is 9.93. The predicted molar refractivity (Wildman–Crippen MR) is 78.9 cm³/mol. The van der Waals surface area contributed by atoms with Crippen LogP contribution in [0.1, 0.15) is 17.5 Å². The molecular formula is C15H15ClO2S. The number of benzene rings is 1. The van der Waals surface area contributed by atoms with Crippen LogP contribution < -0.4 is 0 Å². The van der Waals surface area contributed by atoms with Crippen molar-refractivity contribution in [3.63, 3.8) is 0 Å². The Morgan fingerprint density at radius 1 is 1.32 bits per heavy atom. The molecule has 1 aromatic heterocycles. The zero-order valence-electron chi connectivity index (χ0n) is 10.4. The summed E-state index contributed by atoms with van der Waals surface area (Å²) in [6.45, 7) is 0. The summed E-state index contributed by atoms with van der Waals surface area (Å²) in [5.74, 6) is -1.14. The van der Waals surface area contributed by atoms with E-state index in [0.29, 0.717) is 17.9 Å². The van der Waals surface area contributed by atoms with Crippen LogP contribution in [0.4, 0.5) is 0 Å². The summed E-state index contributed by atoms with van der Waals surface area (Å²) in [7, 11) is 0. The van der Waals surface area contributed by atoms with Gasteiger partial charge in [0.2, 0.25) is 0 Å². The molecule has 0 aliphatic carbocycles. The van der Waals surface area contributed by atoms with Crippen LogP contribution in [-0.2, 0) is 17.6 Å². The first kappa shape index (κ1) is 14.1. The molecule has 0 saturated carbocycles. The first-order valence-electron chi connectivity index (χ1n) is 6.14. The first-order valence-corrected chi connectivity index (χ1v) is 7.46. The molecular weight excluding hydrogens is 280 g/mol. The molecule has 0 spiro atoms. The van der Waals surface area contributed by atoms with Crippen LogP contribution in [0, 0.1) is 5.92 Å². The van der Waals surface area contributed by atoms with E-state index in [9.17, 15) is 9.90 Å². The van der Waals surface area contributed by atoms with Crippen molar-refractivity contribution in [2.75, 3.05) is 0 Å². The van der Waals surface area contributed by atoms with Gasteiger partial charge in [-0.15, -0.1) is 0 Å². The molecule has 1 unspecified atom stereocenters. The molecule has 2 rings (SSSR count). The third kappa shape index (κ3) is 4.08. The number of aliphatic carboxylic acids is 1. The Labute approximate surface area is 121 Å². The standard InChI is InChI=1S/C15H15ClO2S/c16-14-4-2-1-3-12(14)9-13(15(17)18)6-5-11-7-8-19-10-11/h1-4,7-8,10,13H,5-6,9H2,(H,17,18). The Balaban J connectivity index is 2.00. The average molecular weight is 295 g/mol. The van der Waals surface area contributed by atoms with Crippen molar-refractivity contribution < 1.29 is 9.90 Å². The van der Waals surface area contributed by atoms with Crippen LogP contribution in [0.5, 0.6) is 0 Å². The first-order chi connectivity index (χ1) is 9.16. The summed E-state index contributed by atoms with van der Waals surface area (Å²) in [6, 6.07) is 9.47. The summed E-state index contributed by atoms with van der Waals surface area (Å²) < 4.78 is 0. The fourth-order valence-electron chi connectivity index (χ4n) is 2.02. The molecule has 1 heterocycles. The number of halogens is 1. The molecule has 0 saturated heterocycles. The van der Waals surface area contributed by atoms with E-state index in [1.807, 2.05) is 29.6 Å². The van der Waals surface area contributed by atoms with Crippen molar-refractivity contribution in [1.82, 2.24) is 0 Å². The number of thiophene rings is 1. The van der Waals surface area contributed by atoms with Crippen molar-refractivity contribution in [1.29, 1.82) is 0 Å². The summed E-state index contributed by atoms with van der Waals surface area (Å²) in [4.78, 5) is 11.3. The maximum Gasteiger partial charge on any atom is 0.306 e. The van der Waals surface area contributed by atoms with E-state index in [0.717, 1.165) is 12.0 Å². The molecule has 4 heteroatoms. The normalized spacial score (nSPS) is 12.3. The van der Waals surface area contributed by atoms with Crippen LogP contribution in [0.15, 0.2) is 41.1 Å². The summed E-state index contributed by atoms with van der Waals surface area (Å²) in [5.41, 5.74) is 2.11. The summed E-state index contributed by atoms with van der Waals surface area (Å²) >= 11 is 7.72. The lowest BCUT2D eigenvalue weighted by molar-refractivity contribution is -0.141. The van der Waals surface area contributed by atoms with Gasteiger partial charge >= 0.3 is 5.97 Å². The summed E-state index contributed by atoms with van der Waals surface area (Å²) in [6.07, 6.45) is 1.92. The number of hydrogen-bond donors (Lipinski definition) is 1. The molecule has 2 nitrogen and oxygen atoms in total. The number of hydrogen-bond acceptors (Lipinski definition) is 2. The highest BCUT2D eigenvalue weighted by Gasteiger charge is 2.19. The van der Waals surface area contributed by atoms with Crippen molar-refractivity contribution >= 4 is 28.9 Å². The average Bonchev–Trinajstić information content (AvgIpc) is 2.89. The van der Waals surface area contributed by atoms with E-state index in [4.69, 9.17) is 11.6 Å². The number of carbonyl (C=O) groups is 1. The number of rotatable bonds is 6. The zero-order chi connectivity index (χ0) is 13.7. The second kappa shape index (κ2) is 6.73. The van der Waals surface area contributed by atoms with Gasteiger partial charge in [-0.3, -0.25) is 4.79 Å². The molecule has 0 amide bonds. The SMILES string of the molecule is O=C(O)C(CCc1ccsc1)Cc1ccccc1Cl. The predicted octanol–water partition coefficient (Wildman–Crippen LogP) is 4.28. The van der Waals surface area contributed by atoms with E-state index < -0.39 is 5.97 Å². The molecule has 100 valence electrons. The van der Waals surface area contributed by atoms with Gasteiger partial charge in [0.05, 0.1) is 5.92 Å². The van der Waals surface area contributed by atoms with Gasteiger partial charge in [-0.05, 0) is 53.3 Å². The smallest absolute Gasteiger partial charge is 0.306 e. The van der Waals surface area contributed by atoms with Crippen molar-refractivity contribution in [3.05, 3.63) is 57.2 Å². The molecule has 1 atom stereocenters. The van der Waals surface area contributed by atoms with E-state index in [1.165, 1.54) is 5.56 Å². The molecule has 0 bridgehead atoms. The maximum atomic E-state index is 11.3. The highest BCUT2D eigenvalue weighted by Crippen LogP contribution is 2.22. The van der Waals surface area contributed by atoms with Gasteiger partial charge in [0.15, 0.2) is 0 Å². The fourth-order valence-corrected chi connectivity index (χ4v) is 2.93. The maximum absolute atomic E-state index is 11.3. The molecule has 0 aliphatic heterocycles. The van der Waals surface area contributed by atoms with E-state index in [2.05, 4.69) is 5.38 Å². The lowest BCUT2D eigenvalue weighted by Gasteiger charge is -2.13. The molecule has 1 aromatic carbocycles. The van der Waals surface area contributed by atoms with Crippen LogP contribution in [0.2, 0.25) is 5.02 Å². The van der Waals surface area contributed by atoms with Gasteiger partial charge in [-0.25, -0.2) is 0 Å². The molecule has 2 aromatic rings. The van der Waals surface area contributed by atoms with Gasteiger partial charge in [-0.1, -0.05) is 29.8 Å². The zero-order valence-corrected chi connectivity index (χ0v) is 12.0. The van der Waals surface area contributed by atoms with E-state index in [1.54, 1.807) is 17.4 Å². The fraction of sp³-hybridized carbons (Fsp3) is 0.267. The highest BCUT2D eigenvalue weighted by molar-refractivity contribution is 7.07. The highest BCUT2D eigenvalue weighted by atomic mass is 35.5. The van der Waals surface area contributed by atoms with Crippen molar-refractivity contribution in [2.24, 2.45) is 5.92 Å². The monoisotopic (exact) mass is 294 g/mol. The van der Waals surface area contributed by atoms with Gasteiger partial charge in [0, 0.05) is 5.02 Å². The number of aryl methyl sites for hydroxylation is 1. The minimum absolute atomic E-state index is 0.389. The third-order valence-corrected chi connectivity index (χ3v) is 4.24. The largest absolute Gasteiger partial charge is 0.481 e. The number of carboxylic acid groups (broad SMARTS) is 1.